The number of hydrogen-bond donors (Lipinski definition) is 2. The van der Waals surface area contributed by atoms with Crippen molar-refractivity contribution in [3.8, 4) is 10.6 Å². The van der Waals surface area contributed by atoms with E-state index in [4.69, 9.17) is 11.6 Å². The van der Waals surface area contributed by atoms with Crippen LogP contribution in [0.5, 0.6) is 0 Å². The minimum atomic E-state index is -3.68. The van der Waals surface area contributed by atoms with Gasteiger partial charge in [0.15, 0.2) is 0 Å². The molecule has 0 saturated heterocycles. The van der Waals surface area contributed by atoms with Gasteiger partial charge in [0.2, 0.25) is 5.91 Å². The Morgan fingerprint density at radius 3 is 2.33 bits per heavy atom. The Morgan fingerprint density at radius 1 is 0.970 bits per heavy atom. The van der Waals surface area contributed by atoms with Crippen LogP contribution in [-0.2, 0) is 21.2 Å². The number of anilines is 2. The van der Waals surface area contributed by atoms with Crippen molar-refractivity contribution >= 4 is 50.2 Å². The second kappa shape index (κ2) is 9.74. The van der Waals surface area contributed by atoms with Gasteiger partial charge in [0, 0.05) is 22.3 Å². The van der Waals surface area contributed by atoms with Gasteiger partial charge in [-0.3, -0.25) is 9.52 Å². The number of carbonyl (C=O) groups excluding carboxylic acids is 1. The SMILES string of the molecule is Cc1ccc(S(=O)(=O)Nc2ccc(NC(=O)Cc3csc(-c4ccccc4Cl)n3)cc2)cc1. The number of rotatable bonds is 7. The average molecular weight is 498 g/mol. The highest BCUT2D eigenvalue weighted by Gasteiger charge is 2.14. The lowest BCUT2D eigenvalue weighted by molar-refractivity contribution is -0.115. The third-order valence-electron chi connectivity index (χ3n) is 4.75. The van der Waals surface area contributed by atoms with Crippen LogP contribution in [0.1, 0.15) is 11.3 Å². The van der Waals surface area contributed by atoms with Gasteiger partial charge >= 0.3 is 0 Å². The number of carbonyl (C=O) groups is 1. The normalized spacial score (nSPS) is 11.2. The van der Waals surface area contributed by atoms with Crippen LogP contribution in [0.3, 0.4) is 0 Å². The van der Waals surface area contributed by atoms with E-state index in [2.05, 4.69) is 15.0 Å². The fourth-order valence-electron chi connectivity index (χ4n) is 3.07. The number of benzene rings is 3. The fraction of sp³-hybridized carbons (Fsp3) is 0.0833. The molecule has 0 saturated carbocycles. The summed E-state index contributed by atoms with van der Waals surface area (Å²) in [5.74, 6) is -0.223. The lowest BCUT2D eigenvalue weighted by Gasteiger charge is -2.10. The van der Waals surface area contributed by atoms with Crippen molar-refractivity contribution in [3.63, 3.8) is 0 Å². The Bertz CT molecular complexity index is 1380. The van der Waals surface area contributed by atoms with Crippen molar-refractivity contribution in [1.82, 2.24) is 4.98 Å². The minimum Gasteiger partial charge on any atom is -0.326 e. The minimum absolute atomic E-state index is 0.114. The third kappa shape index (κ3) is 5.78. The van der Waals surface area contributed by atoms with Gasteiger partial charge in [-0.1, -0.05) is 47.5 Å². The summed E-state index contributed by atoms with van der Waals surface area (Å²) >= 11 is 7.65. The Kier molecular flexibility index (Phi) is 6.78. The summed E-state index contributed by atoms with van der Waals surface area (Å²) in [7, 11) is -3.68. The van der Waals surface area contributed by atoms with Gasteiger partial charge in [-0.2, -0.15) is 0 Å². The Morgan fingerprint density at radius 2 is 1.64 bits per heavy atom. The van der Waals surface area contributed by atoms with Crippen LogP contribution in [-0.4, -0.2) is 19.3 Å². The number of nitrogens with zero attached hydrogens (tertiary/aromatic N) is 1. The van der Waals surface area contributed by atoms with E-state index >= 15 is 0 Å². The van der Waals surface area contributed by atoms with Crippen molar-refractivity contribution in [2.75, 3.05) is 10.0 Å². The number of thiazole rings is 1. The Labute approximate surface area is 201 Å². The molecule has 33 heavy (non-hydrogen) atoms. The zero-order chi connectivity index (χ0) is 23.4. The van der Waals surface area contributed by atoms with Gasteiger partial charge < -0.3 is 5.32 Å². The van der Waals surface area contributed by atoms with Gasteiger partial charge in [0.25, 0.3) is 10.0 Å². The number of nitrogens with one attached hydrogen (secondary N) is 2. The highest BCUT2D eigenvalue weighted by Crippen LogP contribution is 2.30. The van der Waals surface area contributed by atoms with Crippen LogP contribution in [0.4, 0.5) is 11.4 Å². The predicted molar refractivity (Wildman–Crippen MR) is 133 cm³/mol. The van der Waals surface area contributed by atoms with Gasteiger partial charge in [-0.15, -0.1) is 11.3 Å². The summed E-state index contributed by atoms with van der Waals surface area (Å²) < 4.78 is 27.6. The molecule has 168 valence electrons. The number of halogens is 1. The lowest BCUT2D eigenvalue weighted by atomic mass is 10.2. The van der Waals surface area contributed by atoms with E-state index in [1.165, 1.54) is 11.3 Å². The molecule has 0 aliphatic rings. The topological polar surface area (TPSA) is 88.2 Å². The van der Waals surface area contributed by atoms with Gasteiger partial charge in [0.1, 0.15) is 5.01 Å². The highest BCUT2D eigenvalue weighted by atomic mass is 35.5. The lowest BCUT2D eigenvalue weighted by Crippen LogP contribution is -2.15. The number of aromatic nitrogens is 1. The van der Waals surface area contributed by atoms with Crippen LogP contribution in [0.25, 0.3) is 10.6 Å². The largest absolute Gasteiger partial charge is 0.326 e. The van der Waals surface area contributed by atoms with Crippen LogP contribution in [0.15, 0.2) is 83.1 Å². The van der Waals surface area contributed by atoms with Crippen LogP contribution in [0, 0.1) is 6.92 Å². The molecule has 1 heterocycles. The maximum Gasteiger partial charge on any atom is 0.261 e. The van der Waals surface area contributed by atoms with Crippen molar-refractivity contribution in [1.29, 1.82) is 0 Å². The molecule has 2 N–H and O–H groups in total. The fourth-order valence-corrected chi connectivity index (χ4v) is 5.27. The molecule has 0 spiro atoms. The van der Waals surface area contributed by atoms with Gasteiger partial charge in [0.05, 0.1) is 22.0 Å². The van der Waals surface area contributed by atoms with Crippen molar-refractivity contribution in [2.24, 2.45) is 0 Å². The summed E-state index contributed by atoms with van der Waals surface area (Å²) in [5, 5.41) is 6.01. The molecule has 0 unspecified atom stereocenters. The molecule has 0 radical (unpaired) electrons. The van der Waals surface area contributed by atoms with E-state index in [0.717, 1.165) is 16.1 Å². The maximum absolute atomic E-state index is 12.5. The first-order valence-corrected chi connectivity index (χ1v) is 12.7. The zero-order valence-corrected chi connectivity index (χ0v) is 20.0. The molecule has 1 aromatic heterocycles. The third-order valence-corrected chi connectivity index (χ3v) is 7.40. The molecular formula is C24H20ClN3O3S2. The summed E-state index contributed by atoms with van der Waals surface area (Å²) in [6.45, 7) is 1.89. The van der Waals surface area contributed by atoms with E-state index in [9.17, 15) is 13.2 Å². The molecule has 9 heteroatoms. The Balaban J connectivity index is 1.37. The predicted octanol–water partition coefficient (Wildman–Crippen LogP) is 5.75. The van der Waals surface area contributed by atoms with E-state index in [1.807, 2.05) is 30.5 Å². The molecule has 1 amide bonds. The van der Waals surface area contributed by atoms with Crippen LogP contribution >= 0.6 is 22.9 Å². The van der Waals surface area contributed by atoms with Crippen molar-refractivity contribution in [3.05, 3.63) is 94.5 Å². The summed E-state index contributed by atoms with van der Waals surface area (Å²) in [6.07, 6.45) is 0.114. The highest BCUT2D eigenvalue weighted by molar-refractivity contribution is 7.92. The molecule has 0 atom stereocenters. The average Bonchev–Trinajstić information content (AvgIpc) is 3.23. The molecular weight excluding hydrogens is 478 g/mol. The molecule has 0 fully saturated rings. The van der Waals surface area contributed by atoms with E-state index in [-0.39, 0.29) is 17.2 Å². The molecule has 6 nitrogen and oxygen atoms in total. The second-order valence-corrected chi connectivity index (χ2v) is 10.3. The number of hydrogen-bond acceptors (Lipinski definition) is 5. The van der Waals surface area contributed by atoms with Crippen LogP contribution < -0.4 is 10.0 Å². The van der Waals surface area contributed by atoms with E-state index < -0.39 is 10.0 Å². The van der Waals surface area contributed by atoms with Crippen molar-refractivity contribution in [2.45, 2.75) is 18.2 Å². The standard InChI is InChI=1S/C24H20ClN3O3S2/c1-16-6-12-20(13-7-16)33(30,31)28-18-10-8-17(9-11-18)26-23(29)14-19-15-32-24(27-19)21-4-2-3-5-22(21)25/h2-13,15,28H,14H2,1H3,(H,26,29). The number of sulfonamides is 1. The molecule has 4 aromatic rings. The van der Waals surface area contributed by atoms with E-state index in [0.29, 0.717) is 22.1 Å². The zero-order valence-electron chi connectivity index (χ0n) is 17.6. The molecule has 0 bridgehead atoms. The van der Waals surface area contributed by atoms with Gasteiger partial charge in [-0.25, -0.2) is 13.4 Å². The Hall–Kier alpha value is -3.20. The maximum atomic E-state index is 12.5. The summed E-state index contributed by atoms with van der Waals surface area (Å²) in [6, 6.07) is 20.5. The van der Waals surface area contributed by atoms with Gasteiger partial charge in [-0.05, 0) is 49.4 Å². The summed E-state index contributed by atoms with van der Waals surface area (Å²) in [4.78, 5) is 17.1. The van der Waals surface area contributed by atoms with Crippen LogP contribution in [0.2, 0.25) is 5.02 Å². The second-order valence-electron chi connectivity index (χ2n) is 7.34. The molecule has 0 aliphatic heterocycles. The first-order chi connectivity index (χ1) is 15.8. The number of amides is 1. The summed E-state index contributed by atoms with van der Waals surface area (Å²) in [5.41, 5.74) is 3.42. The first kappa shape index (κ1) is 23.0. The van der Waals surface area contributed by atoms with Crippen molar-refractivity contribution < 1.29 is 13.2 Å². The molecule has 0 aliphatic carbocycles. The quantitative estimate of drug-likeness (QED) is 0.340. The first-order valence-electron chi connectivity index (χ1n) is 9.99. The monoisotopic (exact) mass is 497 g/mol. The molecule has 3 aromatic carbocycles. The molecule has 4 rings (SSSR count). The number of aryl methyl sites for hydroxylation is 1. The van der Waals surface area contributed by atoms with E-state index in [1.54, 1.807) is 54.6 Å². The smallest absolute Gasteiger partial charge is 0.261 e.